The Morgan fingerprint density at radius 1 is 1.12 bits per heavy atom. The average molecular weight is 419 g/mol. The highest BCUT2D eigenvalue weighted by atomic mass is 79.9. The first-order chi connectivity index (χ1) is 12.3. The monoisotopic (exact) mass is 418 g/mol. The van der Waals surface area contributed by atoms with Gasteiger partial charge in [-0.25, -0.2) is 0 Å². The van der Waals surface area contributed by atoms with E-state index in [9.17, 15) is 4.79 Å². The lowest BCUT2D eigenvalue weighted by Gasteiger charge is -2.60. The van der Waals surface area contributed by atoms with Crippen LogP contribution in [0.2, 0.25) is 0 Å². The highest BCUT2D eigenvalue weighted by molar-refractivity contribution is 9.10. The van der Waals surface area contributed by atoms with E-state index in [-0.39, 0.29) is 11.3 Å². The fourth-order valence-corrected chi connectivity index (χ4v) is 7.78. The lowest BCUT2D eigenvalue weighted by atomic mass is 9.48. The van der Waals surface area contributed by atoms with E-state index in [1.807, 2.05) is 0 Å². The molecule has 0 aromatic heterocycles. The number of halogens is 1. The summed E-state index contributed by atoms with van der Waals surface area (Å²) >= 11 is 4.05. The maximum atomic E-state index is 12.7. The summed E-state index contributed by atoms with van der Waals surface area (Å²) in [7, 11) is 4.16. The highest BCUT2D eigenvalue weighted by Crippen LogP contribution is 2.65. The molecule has 4 bridgehead atoms. The molecule has 1 amide bonds. The summed E-state index contributed by atoms with van der Waals surface area (Å²) in [6.45, 7) is 1.59. The molecule has 0 saturated heterocycles. The molecule has 3 nitrogen and oxygen atoms in total. The van der Waals surface area contributed by atoms with Crippen molar-refractivity contribution in [1.82, 2.24) is 10.2 Å². The largest absolute Gasteiger partial charge is 0.352 e. The molecule has 0 heterocycles. The number of benzene rings is 1. The lowest BCUT2D eigenvalue weighted by molar-refractivity contribution is -0.128. The van der Waals surface area contributed by atoms with E-state index in [1.165, 1.54) is 49.7 Å². The molecule has 0 spiro atoms. The van der Waals surface area contributed by atoms with Crippen molar-refractivity contribution in [3.63, 3.8) is 0 Å². The molecule has 4 heteroatoms. The quantitative estimate of drug-likeness (QED) is 0.690. The van der Waals surface area contributed by atoms with E-state index >= 15 is 0 Å². The van der Waals surface area contributed by atoms with Crippen LogP contribution in [0.25, 0.3) is 0 Å². The van der Waals surface area contributed by atoms with Gasteiger partial charge >= 0.3 is 0 Å². The van der Waals surface area contributed by atoms with Gasteiger partial charge in [0.2, 0.25) is 5.91 Å². The van der Waals surface area contributed by atoms with E-state index in [0.29, 0.717) is 17.3 Å². The molecule has 2 unspecified atom stereocenters. The van der Waals surface area contributed by atoms with Crippen molar-refractivity contribution in [2.24, 2.45) is 17.3 Å². The molecule has 4 aliphatic rings. The average Bonchev–Trinajstić information content (AvgIpc) is 2.51. The summed E-state index contributed by atoms with van der Waals surface area (Å²) in [5.74, 6) is 1.92. The maximum absolute atomic E-state index is 12.7. The van der Waals surface area contributed by atoms with Gasteiger partial charge in [-0.15, -0.1) is 0 Å². The Kier molecular flexibility index (Phi) is 4.94. The van der Waals surface area contributed by atoms with E-state index in [0.717, 1.165) is 18.4 Å². The first-order valence-corrected chi connectivity index (χ1v) is 10.8. The molecule has 26 heavy (non-hydrogen) atoms. The van der Waals surface area contributed by atoms with Crippen molar-refractivity contribution < 1.29 is 4.79 Å². The smallest absolute Gasteiger partial charge is 0.220 e. The van der Waals surface area contributed by atoms with Crippen molar-refractivity contribution >= 4 is 21.8 Å². The Morgan fingerprint density at radius 3 is 2.31 bits per heavy atom. The number of nitrogens with zero attached hydrogens (tertiary/aromatic N) is 1. The third-order valence-electron chi connectivity index (χ3n) is 6.66. The standard InChI is InChI=1S/C22H31BrN2O/c1-25(2)14-17-5-3-16(4-6-17)13-24-20(26)12-21-8-18-7-19(9-21)11-22(23,10-18)15-21/h3-6,18-19H,7-15H2,1-2H3,(H,24,26). The van der Waals surface area contributed by atoms with Crippen LogP contribution in [0, 0.1) is 17.3 Å². The predicted octanol–water partition coefficient (Wildman–Crippen LogP) is 4.49. The van der Waals surface area contributed by atoms with Gasteiger partial charge in [-0.05, 0) is 81.0 Å². The Balaban J connectivity index is 1.32. The molecule has 4 saturated carbocycles. The zero-order valence-electron chi connectivity index (χ0n) is 16.1. The van der Waals surface area contributed by atoms with Crippen LogP contribution in [0.5, 0.6) is 0 Å². The molecule has 0 radical (unpaired) electrons. The number of nitrogens with one attached hydrogen (secondary N) is 1. The second kappa shape index (κ2) is 6.94. The molecule has 1 aromatic carbocycles. The number of amides is 1. The van der Waals surface area contributed by atoms with Crippen molar-refractivity contribution in [3.05, 3.63) is 35.4 Å². The fraction of sp³-hybridized carbons (Fsp3) is 0.682. The zero-order chi connectivity index (χ0) is 18.4. The molecule has 4 fully saturated rings. The highest BCUT2D eigenvalue weighted by Gasteiger charge is 2.57. The van der Waals surface area contributed by atoms with Crippen LogP contribution >= 0.6 is 15.9 Å². The zero-order valence-corrected chi connectivity index (χ0v) is 17.6. The lowest BCUT2D eigenvalue weighted by Crippen LogP contribution is -2.54. The van der Waals surface area contributed by atoms with Gasteiger partial charge < -0.3 is 10.2 Å². The fourth-order valence-electron chi connectivity index (χ4n) is 6.27. The summed E-state index contributed by atoms with van der Waals surface area (Å²) in [5.41, 5.74) is 2.75. The second-order valence-corrected chi connectivity index (χ2v) is 11.3. The van der Waals surface area contributed by atoms with Crippen molar-refractivity contribution in [1.29, 1.82) is 0 Å². The number of hydrogen-bond donors (Lipinski definition) is 1. The normalized spacial score (nSPS) is 35.1. The molecular weight excluding hydrogens is 388 g/mol. The van der Waals surface area contributed by atoms with Gasteiger partial charge in [0.15, 0.2) is 0 Å². The summed E-state index contributed by atoms with van der Waals surface area (Å²) in [6, 6.07) is 8.60. The van der Waals surface area contributed by atoms with Crippen LogP contribution in [-0.2, 0) is 17.9 Å². The Labute approximate surface area is 166 Å². The molecule has 2 atom stereocenters. The van der Waals surface area contributed by atoms with E-state index in [2.05, 4.69) is 64.5 Å². The molecule has 1 aromatic rings. The molecular formula is C22H31BrN2O. The van der Waals surface area contributed by atoms with Crippen LogP contribution in [-0.4, -0.2) is 29.2 Å². The summed E-state index contributed by atoms with van der Waals surface area (Å²) < 4.78 is 0.333. The second-order valence-electron chi connectivity index (χ2n) is 9.62. The SMILES string of the molecule is CN(C)Cc1ccc(CNC(=O)CC23CC4CC(CC(Br)(C4)C2)C3)cc1. The topological polar surface area (TPSA) is 32.3 Å². The van der Waals surface area contributed by atoms with Crippen molar-refractivity contribution in [2.75, 3.05) is 14.1 Å². The van der Waals surface area contributed by atoms with Gasteiger partial charge in [-0.2, -0.15) is 0 Å². The Morgan fingerprint density at radius 2 is 1.73 bits per heavy atom. The summed E-state index contributed by atoms with van der Waals surface area (Å²) in [6.07, 6.45) is 8.49. The molecule has 5 rings (SSSR count). The maximum Gasteiger partial charge on any atom is 0.220 e. The van der Waals surface area contributed by atoms with Gasteiger partial charge in [0.05, 0.1) is 0 Å². The third-order valence-corrected chi connectivity index (χ3v) is 7.59. The van der Waals surface area contributed by atoms with Crippen LogP contribution in [0.4, 0.5) is 0 Å². The number of hydrogen-bond acceptors (Lipinski definition) is 2. The minimum absolute atomic E-state index is 0.236. The summed E-state index contributed by atoms with van der Waals surface area (Å²) in [5, 5.41) is 3.18. The van der Waals surface area contributed by atoms with Crippen LogP contribution < -0.4 is 5.32 Å². The summed E-state index contributed by atoms with van der Waals surface area (Å²) in [4.78, 5) is 14.9. The van der Waals surface area contributed by atoms with Gasteiger partial charge in [0, 0.05) is 23.8 Å². The van der Waals surface area contributed by atoms with Gasteiger partial charge in [0.1, 0.15) is 0 Å². The number of rotatable bonds is 6. The minimum Gasteiger partial charge on any atom is -0.352 e. The van der Waals surface area contributed by atoms with Crippen molar-refractivity contribution in [3.8, 4) is 0 Å². The van der Waals surface area contributed by atoms with Crippen LogP contribution in [0.3, 0.4) is 0 Å². The third kappa shape index (κ3) is 4.01. The van der Waals surface area contributed by atoms with Gasteiger partial charge in [0.25, 0.3) is 0 Å². The van der Waals surface area contributed by atoms with Gasteiger partial charge in [-0.3, -0.25) is 4.79 Å². The van der Waals surface area contributed by atoms with E-state index < -0.39 is 0 Å². The predicted molar refractivity (Wildman–Crippen MR) is 109 cm³/mol. The van der Waals surface area contributed by atoms with Gasteiger partial charge in [-0.1, -0.05) is 40.2 Å². The Bertz CT molecular complexity index is 655. The van der Waals surface area contributed by atoms with E-state index in [1.54, 1.807) is 0 Å². The molecule has 4 aliphatic carbocycles. The minimum atomic E-state index is 0.236. The van der Waals surface area contributed by atoms with Crippen LogP contribution in [0.1, 0.15) is 56.1 Å². The van der Waals surface area contributed by atoms with Crippen LogP contribution in [0.15, 0.2) is 24.3 Å². The molecule has 0 aliphatic heterocycles. The van der Waals surface area contributed by atoms with E-state index in [4.69, 9.17) is 0 Å². The first-order valence-electron chi connectivity index (χ1n) is 10.0. The number of alkyl halides is 1. The molecule has 142 valence electrons. The number of carbonyl (C=O) groups is 1. The number of carbonyl (C=O) groups excluding carboxylic acids is 1. The van der Waals surface area contributed by atoms with Crippen molar-refractivity contribution in [2.45, 2.75) is 62.4 Å². The first kappa shape index (κ1) is 18.5. The molecule has 1 N–H and O–H groups in total. The Hall–Kier alpha value is -0.870.